The summed E-state index contributed by atoms with van der Waals surface area (Å²) in [6, 6.07) is 7.17. The van der Waals surface area contributed by atoms with Crippen molar-refractivity contribution in [3.8, 4) is 0 Å². The Balaban J connectivity index is 1.88. The minimum absolute atomic E-state index is 0.161. The maximum atomic E-state index is 12.7. The van der Waals surface area contributed by atoms with E-state index in [-0.39, 0.29) is 10.7 Å². The monoisotopic (exact) mass is 288 g/mol. The standard InChI is InChI=1S/C17H20O2S/c1-3-9-17-10-8-16(11-14(17)12-17)20(18,19)15-6-4-13(2)5-7-15/h3-10,14,16H,11-12H2,1-2H3/b9-3+/t14-,16?,17?/m1/s1. The number of fused-ring (bicyclic) bond motifs is 1. The molecule has 0 bridgehead atoms. The Morgan fingerprint density at radius 1 is 1.25 bits per heavy atom. The molecular formula is C17H20O2S. The molecule has 106 valence electrons. The number of aryl methyl sites for hydroxylation is 1. The molecule has 20 heavy (non-hydrogen) atoms. The molecule has 3 atom stereocenters. The molecule has 0 radical (unpaired) electrons. The number of sulfone groups is 1. The summed E-state index contributed by atoms with van der Waals surface area (Å²) in [5.41, 5.74) is 1.24. The van der Waals surface area contributed by atoms with E-state index in [2.05, 4.69) is 18.2 Å². The summed E-state index contributed by atoms with van der Waals surface area (Å²) in [7, 11) is -3.24. The van der Waals surface area contributed by atoms with Crippen LogP contribution in [0.5, 0.6) is 0 Å². The van der Waals surface area contributed by atoms with E-state index in [9.17, 15) is 8.42 Å². The summed E-state index contributed by atoms with van der Waals surface area (Å²) in [5, 5.41) is -0.365. The molecule has 0 aliphatic heterocycles. The van der Waals surface area contributed by atoms with Crippen LogP contribution >= 0.6 is 0 Å². The molecule has 1 fully saturated rings. The van der Waals surface area contributed by atoms with Crippen LogP contribution in [0.4, 0.5) is 0 Å². The van der Waals surface area contributed by atoms with Gasteiger partial charge in [0, 0.05) is 5.41 Å². The fraction of sp³-hybridized carbons (Fsp3) is 0.412. The smallest absolute Gasteiger partial charge is 0.184 e. The van der Waals surface area contributed by atoms with Crippen LogP contribution in [0.3, 0.4) is 0 Å². The van der Waals surface area contributed by atoms with Crippen molar-refractivity contribution in [2.75, 3.05) is 0 Å². The van der Waals surface area contributed by atoms with Gasteiger partial charge in [0.25, 0.3) is 0 Å². The first-order valence-electron chi connectivity index (χ1n) is 7.12. The summed E-state index contributed by atoms with van der Waals surface area (Å²) in [6.07, 6.45) is 10.1. The first-order chi connectivity index (χ1) is 9.48. The molecule has 0 N–H and O–H groups in total. The van der Waals surface area contributed by atoms with Crippen molar-refractivity contribution in [2.24, 2.45) is 11.3 Å². The Labute approximate surface area is 121 Å². The van der Waals surface area contributed by atoms with Crippen LogP contribution in [-0.4, -0.2) is 13.7 Å². The van der Waals surface area contributed by atoms with Gasteiger partial charge in [0.1, 0.15) is 0 Å². The average molecular weight is 288 g/mol. The lowest BCUT2D eigenvalue weighted by Crippen LogP contribution is -2.23. The molecule has 1 aromatic rings. The van der Waals surface area contributed by atoms with E-state index in [1.165, 1.54) is 0 Å². The first kappa shape index (κ1) is 13.6. The molecule has 2 aliphatic carbocycles. The summed E-state index contributed by atoms with van der Waals surface area (Å²) < 4.78 is 25.3. The molecule has 3 heteroatoms. The van der Waals surface area contributed by atoms with Gasteiger partial charge in [-0.15, -0.1) is 0 Å². The van der Waals surface area contributed by atoms with Crippen molar-refractivity contribution in [2.45, 2.75) is 36.8 Å². The molecule has 1 aromatic carbocycles. The quantitative estimate of drug-likeness (QED) is 0.795. The zero-order valence-corrected chi connectivity index (χ0v) is 12.7. The van der Waals surface area contributed by atoms with Crippen LogP contribution in [0.15, 0.2) is 53.5 Å². The molecule has 0 heterocycles. The van der Waals surface area contributed by atoms with Gasteiger partial charge in [-0.3, -0.25) is 0 Å². The van der Waals surface area contributed by atoms with E-state index in [4.69, 9.17) is 0 Å². The van der Waals surface area contributed by atoms with Gasteiger partial charge in [-0.25, -0.2) is 8.42 Å². The van der Waals surface area contributed by atoms with Gasteiger partial charge >= 0.3 is 0 Å². The third kappa shape index (κ3) is 2.14. The molecule has 0 spiro atoms. The van der Waals surface area contributed by atoms with Crippen molar-refractivity contribution < 1.29 is 8.42 Å². The van der Waals surface area contributed by atoms with Gasteiger partial charge in [0.2, 0.25) is 0 Å². The highest BCUT2D eigenvalue weighted by Crippen LogP contribution is 2.60. The molecule has 2 aliphatic rings. The second kappa shape index (κ2) is 4.59. The van der Waals surface area contributed by atoms with Gasteiger partial charge in [-0.1, -0.05) is 42.0 Å². The van der Waals surface area contributed by atoms with E-state index in [0.717, 1.165) is 18.4 Å². The fourth-order valence-electron chi connectivity index (χ4n) is 3.22. The van der Waals surface area contributed by atoms with Crippen molar-refractivity contribution in [3.63, 3.8) is 0 Å². The van der Waals surface area contributed by atoms with Crippen LogP contribution in [0.1, 0.15) is 25.3 Å². The van der Waals surface area contributed by atoms with Gasteiger partial charge in [0.15, 0.2) is 9.84 Å². The van der Waals surface area contributed by atoms with Crippen molar-refractivity contribution >= 4 is 9.84 Å². The Morgan fingerprint density at radius 2 is 1.95 bits per heavy atom. The van der Waals surface area contributed by atoms with Crippen LogP contribution in [-0.2, 0) is 9.84 Å². The molecule has 0 aromatic heterocycles. The summed E-state index contributed by atoms with van der Waals surface area (Å²) in [4.78, 5) is 0.442. The van der Waals surface area contributed by atoms with E-state index >= 15 is 0 Å². The third-order valence-corrected chi connectivity index (χ3v) is 6.64. The van der Waals surface area contributed by atoms with Crippen LogP contribution < -0.4 is 0 Å². The Bertz CT molecular complexity index is 667. The molecule has 0 saturated heterocycles. The maximum absolute atomic E-state index is 12.7. The van der Waals surface area contributed by atoms with E-state index < -0.39 is 9.84 Å². The Morgan fingerprint density at radius 3 is 2.55 bits per heavy atom. The largest absolute Gasteiger partial charge is 0.223 e. The number of allylic oxidation sites excluding steroid dienone is 3. The topological polar surface area (TPSA) is 34.1 Å². The fourth-order valence-corrected chi connectivity index (χ4v) is 4.86. The Kier molecular flexibility index (Phi) is 3.13. The van der Waals surface area contributed by atoms with Crippen LogP contribution in [0, 0.1) is 18.3 Å². The third-order valence-electron chi connectivity index (χ3n) is 4.56. The predicted octanol–water partition coefficient (Wildman–Crippen LogP) is 3.68. The van der Waals surface area contributed by atoms with Gasteiger partial charge in [0.05, 0.1) is 10.1 Å². The lowest BCUT2D eigenvalue weighted by molar-refractivity contribution is 0.557. The molecular weight excluding hydrogens is 268 g/mol. The van der Waals surface area contributed by atoms with Crippen LogP contribution in [0.2, 0.25) is 0 Å². The van der Waals surface area contributed by atoms with Crippen LogP contribution in [0.25, 0.3) is 0 Å². The molecule has 3 rings (SSSR count). The highest BCUT2D eigenvalue weighted by atomic mass is 32.2. The number of rotatable bonds is 3. The molecule has 2 nitrogen and oxygen atoms in total. The maximum Gasteiger partial charge on any atom is 0.184 e. The second-order valence-electron chi connectivity index (χ2n) is 6.00. The lowest BCUT2D eigenvalue weighted by atomic mass is 9.95. The summed E-state index contributed by atoms with van der Waals surface area (Å²) in [6.45, 7) is 3.99. The average Bonchev–Trinajstić information content (AvgIpc) is 3.12. The zero-order valence-electron chi connectivity index (χ0n) is 11.9. The summed E-state index contributed by atoms with van der Waals surface area (Å²) in [5.74, 6) is 0.494. The van der Waals surface area contributed by atoms with Crippen molar-refractivity contribution in [1.29, 1.82) is 0 Å². The highest BCUT2D eigenvalue weighted by molar-refractivity contribution is 7.92. The number of hydrogen-bond acceptors (Lipinski definition) is 2. The van der Waals surface area contributed by atoms with E-state index in [1.807, 2.05) is 32.1 Å². The lowest BCUT2D eigenvalue weighted by Gasteiger charge is -2.20. The zero-order chi connectivity index (χ0) is 14.4. The van der Waals surface area contributed by atoms with Gasteiger partial charge < -0.3 is 0 Å². The van der Waals surface area contributed by atoms with E-state index in [1.54, 1.807) is 12.1 Å². The first-order valence-corrected chi connectivity index (χ1v) is 8.66. The molecule has 2 unspecified atom stereocenters. The predicted molar refractivity (Wildman–Crippen MR) is 81.3 cm³/mol. The molecule has 1 saturated carbocycles. The van der Waals surface area contributed by atoms with Crippen molar-refractivity contribution in [3.05, 3.63) is 54.1 Å². The second-order valence-corrected chi connectivity index (χ2v) is 8.17. The van der Waals surface area contributed by atoms with E-state index in [0.29, 0.717) is 10.8 Å². The number of benzene rings is 1. The molecule has 0 amide bonds. The Hall–Kier alpha value is -1.35. The van der Waals surface area contributed by atoms with Gasteiger partial charge in [-0.2, -0.15) is 0 Å². The summed E-state index contributed by atoms with van der Waals surface area (Å²) >= 11 is 0. The normalized spacial score (nSPS) is 32.3. The SMILES string of the molecule is C/C=C/C12C=CC(S(=O)(=O)c3ccc(C)cc3)C[C@@H]1C2. The highest BCUT2D eigenvalue weighted by Gasteiger charge is 2.53. The van der Waals surface area contributed by atoms with Crippen molar-refractivity contribution in [1.82, 2.24) is 0 Å². The number of hydrogen-bond donors (Lipinski definition) is 0. The minimum atomic E-state index is -3.24. The van der Waals surface area contributed by atoms with Gasteiger partial charge in [-0.05, 0) is 44.7 Å². The minimum Gasteiger partial charge on any atom is -0.223 e.